The second kappa shape index (κ2) is 4.05. The lowest BCUT2D eigenvalue weighted by molar-refractivity contribution is -0.384. The summed E-state index contributed by atoms with van der Waals surface area (Å²) in [4.78, 5) is 30.7. The molecule has 0 aliphatic heterocycles. The Morgan fingerprint density at radius 2 is 2.13 bits per heavy atom. The van der Waals surface area contributed by atoms with E-state index >= 15 is 0 Å². The summed E-state index contributed by atoms with van der Waals surface area (Å²) in [6.07, 6.45) is 0.277. The molecule has 6 nitrogen and oxygen atoms in total. The second-order valence-corrected chi connectivity index (χ2v) is 2.98. The van der Waals surface area contributed by atoms with Crippen LogP contribution in [-0.2, 0) is 0 Å². The zero-order chi connectivity index (χ0) is 11.6. The van der Waals surface area contributed by atoms with Crippen molar-refractivity contribution in [2.24, 2.45) is 0 Å². The largest absolute Gasteiger partial charge is 0.478 e. The van der Waals surface area contributed by atoms with Gasteiger partial charge in [0.1, 0.15) is 5.02 Å². The minimum Gasteiger partial charge on any atom is -0.478 e. The molecule has 78 valence electrons. The van der Waals surface area contributed by atoms with Gasteiger partial charge in [0.05, 0.1) is 10.5 Å². The molecule has 0 unspecified atom stereocenters. The van der Waals surface area contributed by atoms with Crippen LogP contribution in [0.25, 0.3) is 0 Å². The molecule has 7 heteroatoms. The zero-order valence-corrected chi connectivity index (χ0v) is 7.89. The summed E-state index contributed by atoms with van der Waals surface area (Å²) in [5.74, 6) is -1.42. The van der Waals surface area contributed by atoms with E-state index in [1.54, 1.807) is 0 Å². The van der Waals surface area contributed by atoms with Crippen molar-refractivity contribution in [2.75, 3.05) is 0 Å². The van der Waals surface area contributed by atoms with Crippen molar-refractivity contribution < 1.29 is 19.6 Å². The molecule has 0 fully saturated rings. The minimum atomic E-state index is -1.42. The fraction of sp³-hybridized carbons (Fsp3) is 0. The lowest BCUT2D eigenvalue weighted by atomic mass is 10.1. The predicted molar refractivity (Wildman–Crippen MR) is 50.5 cm³/mol. The zero-order valence-electron chi connectivity index (χ0n) is 7.14. The van der Waals surface area contributed by atoms with Crippen molar-refractivity contribution in [2.45, 2.75) is 0 Å². The molecule has 1 rings (SSSR count). The average Bonchev–Trinajstić information content (AvgIpc) is 2.16. The van der Waals surface area contributed by atoms with E-state index in [0.717, 1.165) is 12.1 Å². The molecule has 0 spiro atoms. The highest BCUT2D eigenvalue weighted by molar-refractivity contribution is 6.33. The van der Waals surface area contributed by atoms with Gasteiger partial charge in [-0.05, 0) is 6.07 Å². The molecule has 0 atom stereocenters. The smallest absolute Gasteiger partial charge is 0.336 e. The number of halogens is 1. The molecule has 15 heavy (non-hydrogen) atoms. The fourth-order valence-electron chi connectivity index (χ4n) is 1.000. The molecular weight excluding hydrogens is 226 g/mol. The van der Waals surface area contributed by atoms with Crippen LogP contribution in [0, 0.1) is 10.1 Å². The van der Waals surface area contributed by atoms with Crippen molar-refractivity contribution >= 4 is 29.5 Å². The van der Waals surface area contributed by atoms with Crippen LogP contribution in [0.3, 0.4) is 0 Å². The summed E-state index contributed by atoms with van der Waals surface area (Å²) in [5, 5.41) is 18.8. The number of aldehydes is 1. The van der Waals surface area contributed by atoms with Crippen LogP contribution in [-0.4, -0.2) is 22.3 Å². The fourth-order valence-corrected chi connectivity index (χ4v) is 1.24. The number of nitrogens with zero attached hydrogens (tertiary/aromatic N) is 1. The lowest BCUT2D eigenvalue weighted by Crippen LogP contribution is -2.03. The SMILES string of the molecule is O=Cc1cc(Cl)c([N+](=O)[O-])cc1C(=O)O. The molecule has 1 aromatic rings. The van der Waals surface area contributed by atoms with Crippen LogP contribution in [0.2, 0.25) is 5.02 Å². The van der Waals surface area contributed by atoms with Gasteiger partial charge in [-0.1, -0.05) is 11.6 Å². The van der Waals surface area contributed by atoms with Gasteiger partial charge in [-0.2, -0.15) is 0 Å². The summed E-state index contributed by atoms with van der Waals surface area (Å²) in [7, 11) is 0. The van der Waals surface area contributed by atoms with Gasteiger partial charge in [0.25, 0.3) is 5.69 Å². The minimum absolute atomic E-state index is 0.196. The van der Waals surface area contributed by atoms with E-state index in [-0.39, 0.29) is 16.9 Å². The normalized spacial score (nSPS) is 9.67. The monoisotopic (exact) mass is 229 g/mol. The highest BCUT2D eigenvalue weighted by atomic mass is 35.5. The highest BCUT2D eigenvalue weighted by Gasteiger charge is 2.19. The molecule has 0 saturated carbocycles. The molecule has 0 aliphatic carbocycles. The number of carbonyl (C=O) groups is 2. The summed E-state index contributed by atoms with van der Waals surface area (Å²) < 4.78 is 0. The van der Waals surface area contributed by atoms with E-state index in [0.29, 0.717) is 0 Å². The molecule has 0 radical (unpaired) electrons. The van der Waals surface area contributed by atoms with E-state index in [9.17, 15) is 19.7 Å². The van der Waals surface area contributed by atoms with Crippen molar-refractivity contribution in [3.63, 3.8) is 0 Å². The number of nitro benzene ring substituents is 1. The highest BCUT2D eigenvalue weighted by Crippen LogP contribution is 2.27. The Labute approximate surface area is 88.2 Å². The van der Waals surface area contributed by atoms with Crippen LogP contribution in [0.15, 0.2) is 12.1 Å². The Hall–Kier alpha value is -1.95. The number of rotatable bonds is 3. The molecule has 0 saturated heterocycles. The maximum absolute atomic E-state index is 10.6. The van der Waals surface area contributed by atoms with Crippen LogP contribution in [0.5, 0.6) is 0 Å². The Bertz CT molecular complexity index is 457. The number of carbonyl (C=O) groups excluding carboxylic acids is 1. The third-order valence-corrected chi connectivity index (χ3v) is 1.98. The third-order valence-electron chi connectivity index (χ3n) is 1.67. The van der Waals surface area contributed by atoms with Gasteiger partial charge in [0, 0.05) is 11.6 Å². The number of benzene rings is 1. The summed E-state index contributed by atoms with van der Waals surface area (Å²) in [5.41, 5.74) is -1.18. The molecule has 0 aliphatic rings. The van der Waals surface area contributed by atoms with Gasteiger partial charge in [-0.25, -0.2) is 4.79 Å². The number of nitro groups is 1. The third kappa shape index (κ3) is 2.10. The van der Waals surface area contributed by atoms with Crippen LogP contribution < -0.4 is 0 Å². The van der Waals surface area contributed by atoms with Crippen LogP contribution in [0.1, 0.15) is 20.7 Å². The molecule has 1 N–H and O–H groups in total. The molecule has 0 aromatic heterocycles. The molecule has 0 amide bonds. The van der Waals surface area contributed by atoms with E-state index in [1.165, 1.54) is 0 Å². The molecule has 0 bridgehead atoms. The lowest BCUT2D eigenvalue weighted by Gasteiger charge is -2.00. The van der Waals surface area contributed by atoms with Crippen molar-refractivity contribution in [1.82, 2.24) is 0 Å². The maximum Gasteiger partial charge on any atom is 0.336 e. The Morgan fingerprint density at radius 3 is 2.53 bits per heavy atom. The van der Waals surface area contributed by atoms with Gasteiger partial charge >= 0.3 is 5.97 Å². The van der Waals surface area contributed by atoms with Gasteiger partial charge in [0.2, 0.25) is 0 Å². The van der Waals surface area contributed by atoms with Gasteiger partial charge in [-0.15, -0.1) is 0 Å². The predicted octanol–water partition coefficient (Wildman–Crippen LogP) is 1.76. The van der Waals surface area contributed by atoms with Gasteiger partial charge in [0.15, 0.2) is 6.29 Å². The van der Waals surface area contributed by atoms with E-state index in [2.05, 4.69) is 0 Å². The summed E-state index contributed by atoms with van der Waals surface area (Å²) >= 11 is 5.49. The van der Waals surface area contributed by atoms with Crippen LogP contribution in [0.4, 0.5) is 5.69 Å². The molecule has 1 aromatic carbocycles. The number of aromatic carboxylic acids is 1. The Balaban J connectivity index is 3.50. The standard InChI is InChI=1S/C8H4ClNO5/c9-6-1-4(3-11)5(8(12)13)2-7(6)10(14)15/h1-3H,(H,12,13). The first kappa shape index (κ1) is 11.1. The number of hydrogen-bond donors (Lipinski definition) is 1. The van der Waals surface area contributed by atoms with Crippen molar-refractivity contribution in [1.29, 1.82) is 0 Å². The Kier molecular flexibility index (Phi) is 3.01. The van der Waals surface area contributed by atoms with E-state index in [1.807, 2.05) is 0 Å². The average molecular weight is 230 g/mol. The second-order valence-electron chi connectivity index (χ2n) is 2.57. The van der Waals surface area contributed by atoms with E-state index in [4.69, 9.17) is 16.7 Å². The van der Waals surface area contributed by atoms with Crippen LogP contribution >= 0.6 is 11.6 Å². The number of hydrogen-bond acceptors (Lipinski definition) is 4. The maximum atomic E-state index is 10.6. The van der Waals surface area contributed by atoms with Crippen molar-refractivity contribution in [3.8, 4) is 0 Å². The molecular formula is C8H4ClNO5. The summed E-state index contributed by atoms with van der Waals surface area (Å²) in [6, 6.07) is 1.71. The first-order valence-electron chi connectivity index (χ1n) is 3.63. The van der Waals surface area contributed by atoms with Crippen molar-refractivity contribution in [3.05, 3.63) is 38.4 Å². The number of carboxylic acids is 1. The first-order valence-corrected chi connectivity index (χ1v) is 4.01. The number of carboxylic acid groups (broad SMARTS) is 1. The summed E-state index contributed by atoms with van der Waals surface area (Å²) in [6.45, 7) is 0. The molecule has 0 heterocycles. The quantitative estimate of drug-likeness (QED) is 0.484. The first-order chi connectivity index (χ1) is 6.97. The van der Waals surface area contributed by atoms with Gasteiger partial charge in [-0.3, -0.25) is 14.9 Å². The van der Waals surface area contributed by atoms with Gasteiger partial charge < -0.3 is 5.11 Å². The Morgan fingerprint density at radius 1 is 1.53 bits per heavy atom. The topological polar surface area (TPSA) is 97.5 Å². The van der Waals surface area contributed by atoms with E-state index < -0.39 is 22.1 Å².